The normalized spacial score (nSPS) is 19.1. The Morgan fingerprint density at radius 1 is 1.17 bits per heavy atom. The van der Waals surface area contributed by atoms with E-state index in [0.717, 1.165) is 37.9 Å². The van der Waals surface area contributed by atoms with Crippen molar-refractivity contribution in [1.82, 2.24) is 9.97 Å². The number of esters is 1. The molecule has 0 aromatic carbocycles. The second-order valence-electron chi connectivity index (χ2n) is 9.19. The first kappa shape index (κ1) is 25.9. The third-order valence-electron chi connectivity index (χ3n) is 6.79. The summed E-state index contributed by atoms with van der Waals surface area (Å²) < 4.78 is 45.4. The number of pyridine rings is 2. The molecule has 1 fully saturated rings. The molecule has 1 aliphatic heterocycles. The lowest BCUT2D eigenvalue weighted by Gasteiger charge is -2.25. The van der Waals surface area contributed by atoms with Crippen molar-refractivity contribution < 1.29 is 27.5 Å². The zero-order valence-corrected chi connectivity index (χ0v) is 20.3. The van der Waals surface area contributed by atoms with Crippen molar-refractivity contribution in [3.05, 3.63) is 59.6 Å². The maximum atomic E-state index is 13.5. The molecule has 1 saturated heterocycles. The van der Waals surface area contributed by atoms with Gasteiger partial charge in [-0.15, -0.1) is 0 Å². The summed E-state index contributed by atoms with van der Waals surface area (Å²) in [5, 5.41) is 0. The summed E-state index contributed by atoms with van der Waals surface area (Å²) >= 11 is 0. The van der Waals surface area contributed by atoms with E-state index in [4.69, 9.17) is 4.74 Å². The molecule has 0 spiro atoms. The molecule has 6 nitrogen and oxygen atoms in total. The van der Waals surface area contributed by atoms with Crippen molar-refractivity contribution in [2.75, 3.05) is 24.6 Å². The number of carbonyl (C=O) groups is 2. The molecule has 0 bridgehead atoms. The largest absolute Gasteiger partial charge is 0.465 e. The number of rotatable bonds is 8. The summed E-state index contributed by atoms with van der Waals surface area (Å²) in [5.41, 5.74) is 0.283. The number of alkyl halides is 3. The third-order valence-corrected chi connectivity index (χ3v) is 6.79. The van der Waals surface area contributed by atoms with Crippen LogP contribution in [0.4, 0.5) is 19.0 Å². The molecule has 2 unspecified atom stereocenters. The van der Waals surface area contributed by atoms with Crippen molar-refractivity contribution in [3.8, 4) is 0 Å². The molecule has 36 heavy (non-hydrogen) atoms. The molecule has 1 aliphatic carbocycles. The van der Waals surface area contributed by atoms with Crippen molar-refractivity contribution in [2.45, 2.75) is 51.6 Å². The van der Waals surface area contributed by atoms with Crippen LogP contribution >= 0.6 is 0 Å². The number of nitrogens with zero attached hydrogens (tertiary/aromatic N) is 3. The topological polar surface area (TPSA) is 72.4 Å². The van der Waals surface area contributed by atoms with Gasteiger partial charge in [-0.3, -0.25) is 14.6 Å². The monoisotopic (exact) mass is 501 g/mol. The van der Waals surface area contributed by atoms with E-state index in [1.165, 1.54) is 12.1 Å². The van der Waals surface area contributed by atoms with Crippen LogP contribution in [-0.4, -0.2) is 41.4 Å². The Hall–Kier alpha value is -3.23. The van der Waals surface area contributed by atoms with E-state index in [1.54, 1.807) is 19.1 Å². The lowest BCUT2D eigenvalue weighted by atomic mass is 9.79. The van der Waals surface area contributed by atoms with Crippen LogP contribution in [0.2, 0.25) is 0 Å². The highest BCUT2D eigenvalue weighted by atomic mass is 19.4. The Morgan fingerprint density at radius 3 is 2.61 bits per heavy atom. The van der Waals surface area contributed by atoms with Gasteiger partial charge in [0.1, 0.15) is 11.7 Å². The maximum absolute atomic E-state index is 13.5. The van der Waals surface area contributed by atoms with E-state index in [1.807, 2.05) is 12.1 Å². The molecular formula is C27H30F3N3O3. The first-order valence-corrected chi connectivity index (χ1v) is 12.4. The number of allylic oxidation sites excluding steroid dienone is 2. The van der Waals surface area contributed by atoms with Gasteiger partial charge in [-0.2, -0.15) is 13.2 Å². The molecule has 9 heteroatoms. The molecule has 2 aliphatic rings. The summed E-state index contributed by atoms with van der Waals surface area (Å²) in [6, 6.07) is 8.49. The number of ether oxygens (including phenoxy) is 1. The van der Waals surface area contributed by atoms with E-state index in [2.05, 4.69) is 14.9 Å². The van der Waals surface area contributed by atoms with Gasteiger partial charge in [0.15, 0.2) is 11.5 Å². The van der Waals surface area contributed by atoms with Gasteiger partial charge >= 0.3 is 12.1 Å². The maximum Gasteiger partial charge on any atom is 0.433 e. The number of hydrogen-bond donors (Lipinski definition) is 0. The molecule has 0 radical (unpaired) electrons. The fourth-order valence-electron chi connectivity index (χ4n) is 4.97. The fraction of sp³-hybridized carbons (Fsp3) is 0.481. The SMILES string of the molecule is CCOC(=O)C(Cc1cccc(N2CCCC2)n1)C(=O)C1CC=C(c2cccnc2C(F)(F)F)CC1. The standard InChI is InChI=1S/C27H30F3N3O3/c1-2-36-26(35)22(17-20-7-5-9-23(32-20)33-15-3-4-16-33)24(34)19-12-10-18(11-13-19)21-8-6-14-31-25(21)27(28,29)30/h5-10,14,19,22H,2-4,11-13,15-17H2,1H3. The lowest BCUT2D eigenvalue weighted by molar-refractivity contribution is -0.152. The van der Waals surface area contributed by atoms with E-state index in [0.29, 0.717) is 24.1 Å². The summed E-state index contributed by atoms with van der Waals surface area (Å²) in [4.78, 5) is 36.7. The van der Waals surface area contributed by atoms with Crippen LogP contribution < -0.4 is 4.90 Å². The highest BCUT2D eigenvalue weighted by molar-refractivity contribution is 6.00. The molecule has 4 rings (SSSR count). The number of carbonyl (C=O) groups excluding carboxylic acids is 2. The number of anilines is 1. The average molecular weight is 502 g/mol. The molecule has 2 aromatic rings. The summed E-state index contributed by atoms with van der Waals surface area (Å²) in [5.74, 6) is -1.48. The zero-order chi connectivity index (χ0) is 25.7. The molecule has 3 heterocycles. The Balaban J connectivity index is 1.51. The van der Waals surface area contributed by atoms with Crippen molar-refractivity contribution in [3.63, 3.8) is 0 Å². The summed E-state index contributed by atoms with van der Waals surface area (Å²) in [7, 11) is 0. The van der Waals surface area contributed by atoms with Gasteiger partial charge in [0.05, 0.1) is 6.61 Å². The van der Waals surface area contributed by atoms with Crippen LogP contribution in [0.25, 0.3) is 5.57 Å². The lowest BCUT2D eigenvalue weighted by Crippen LogP contribution is -2.34. The first-order valence-electron chi connectivity index (χ1n) is 12.4. The molecular weight excluding hydrogens is 471 g/mol. The van der Waals surface area contributed by atoms with Crippen LogP contribution in [-0.2, 0) is 26.9 Å². The van der Waals surface area contributed by atoms with Crippen molar-refractivity contribution in [1.29, 1.82) is 0 Å². The minimum Gasteiger partial charge on any atom is -0.465 e. The number of halogens is 3. The second-order valence-corrected chi connectivity index (χ2v) is 9.19. The van der Waals surface area contributed by atoms with Crippen LogP contribution in [0.5, 0.6) is 0 Å². The predicted octanol–water partition coefficient (Wildman–Crippen LogP) is 5.27. The van der Waals surface area contributed by atoms with Crippen molar-refractivity contribution >= 4 is 23.1 Å². The summed E-state index contributed by atoms with van der Waals surface area (Å²) in [6.45, 7) is 3.70. The average Bonchev–Trinajstić information content (AvgIpc) is 3.42. The van der Waals surface area contributed by atoms with Crippen LogP contribution in [0.1, 0.15) is 56.0 Å². The van der Waals surface area contributed by atoms with Gasteiger partial charge in [0.25, 0.3) is 0 Å². The van der Waals surface area contributed by atoms with Gasteiger partial charge in [-0.25, -0.2) is 4.98 Å². The molecule has 0 saturated carbocycles. The van der Waals surface area contributed by atoms with E-state index in [9.17, 15) is 22.8 Å². The van der Waals surface area contributed by atoms with Gasteiger partial charge in [0.2, 0.25) is 0 Å². The molecule has 2 atom stereocenters. The Labute approximate surface area is 208 Å². The fourth-order valence-corrected chi connectivity index (χ4v) is 4.97. The predicted molar refractivity (Wildman–Crippen MR) is 129 cm³/mol. The Bertz CT molecular complexity index is 1130. The number of aromatic nitrogens is 2. The number of ketones is 1. The van der Waals surface area contributed by atoms with Gasteiger partial charge in [0, 0.05) is 42.9 Å². The van der Waals surface area contributed by atoms with Gasteiger partial charge in [-0.05, 0) is 62.8 Å². The molecule has 192 valence electrons. The number of hydrogen-bond acceptors (Lipinski definition) is 6. The minimum atomic E-state index is -4.56. The van der Waals surface area contributed by atoms with Crippen LogP contribution in [0.15, 0.2) is 42.6 Å². The molecule has 0 amide bonds. The molecule has 2 aromatic heterocycles. The smallest absolute Gasteiger partial charge is 0.433 e. The third kappa shape index (κ3) is 5.94. The summed E-state index contributed by atoms with van der Waals surface area (Å²) in [6.07, 6.45) is 1.50. The van der Waals surface area contributed by atoms with Crippen LogP contribution in [0.3, 0.4) is 0 Å². The first-order chi connectivity index (χ1) is 17.3. The minimum absolute atomic E-state index is 0.0424. The Kier molecular flexibility index (Phi) is 8.06. The second kappa shape index (κ2) is 11.2. The zero-order valence-electron chi connectivity index (χ0n) is 20.3. The highest BCUT2D eigenvalue weighted by Crippen LogP contribution is 2.38. The quantitative estimate of drug-likeness (QED) is 0.363. The number of Topliss-reactive ketones (excluding diaryl/α,β-unsaturated/α-hetero) is 1. The highest BCUT2D eigenvalue weighted by Gasteiger charge is 2.38. The van der Waals surface area contributed by atoms with Gasteiger partial charge < -0.3 is 9.64 Å². The van der Waals surface area contributed by atoms with E-state index >= 15 is 0 Å². The van der Waals surface area contributed by atoms with E-state index < -0.39 is 29.7 Å². The molecule has 0 N–H and O–H groups in total. The van der Waals surface area contributed by atoms with Crippen LogP contribution in [0, 0.1) is 11.8 Å². The van der Waals surface area contributed by atoms with E-state index in [-0.39, 0.29) is 30.8 Å². The van der Waals surface area contributed by atoms with Crippen molar-refractivity contribution in [2.24, 2.45) is 11.8 Å². The van der Waals surface area contributed by atoms with Gasteiger partial charge in [-0.1, -0.05) is 18.2 Å². The Morgan fingerprint density at radius 2 is 1.94 bits per heavy atom.